The number of hydrogen-bond donors (Lipinski definition) is 1. The molecular formula is C15H21N3. The van der Waals surface area contributed by atoms with Crippen LogP contribution in [-0.2, 0) is 6.54 Å². The van der Waals surface area contributed by atoms with Crippen LogP contribution < -0.4 is 5.32 Å². The van der Waals surface area contributed by atoms with Gasteiger partial charge in [0.1, 0.15) is 0 Å². The smallest absolute Gasteiger partial charge is 0.0638 e. The largest absolute Gasteiger partial charge is 0.308 e. The van der Waals surface area contributed by atoms with E-state index in [1.54, 1.807) is 0 Å². The molecule has 1 N–H and O–H groups in total. The average molecular weight is 243 g/mol. The lowest BCUT2D eigenvalue weighted by Gasteiger charge is -2.36. The van der Waals surface area contributed by atoms with Crippen LogP contribution >= 0.6 is 0 Å². The quantitative estimate of drug-likeness (QED) is 0.883. The van der Waals surface area contributed by atoms with Gasteiger partial charge < -0.3 is 5.32 Å². The second-order valence-corrected chi connectivity index (χ2v) is 5.31. The molecule has 1 aliphatic heterocycles. The third kappa shape index (κ3) is 3.56. The second-order valence-electron chi connectivity index (χ2n) is 5.31. The van der Waals surface area contributed by atoms with Crippen LogP contribution in [0.4, 0.5) is 0 Å². The van der Waals surface area contributed by atoms with E-state index in [1.807, 2.05) is 0 Å². The highest BCUT2D eigenvalue weighted by molar-refractivity contribution is 5.21. The van der Waals surface area contributed by atoms with Crippen molar-refractivity contribution in [2.45, 2.75) is 38.9 Å². The highest BCUT2D eigenvalue weighted by atomic mass is 15.2. The van der Waals surface area contributed by atoms with Crippen molar-refractivity contribution in [3.8, 4) is 6.07 Å². The Kier molecular flexibility index (Phi) is 4.35. The van der Waals surface area contributed by atoms with Crippen molar-refractivity contribution in [1.82, 2.24) is 10.2 Å². The van der Waals surface area contributed by atoms with Gasteiger partial charge >= 0.3 is 0 Å². The Morgan fingerprint density at radius 2 is 2.06 bits per heavy atom. The van der Waals surface area contributed by atoms with Crippen LogP contribution in [-0.4, -0.2) is 30.1 Å². The van der Waals surface area contributed by atoms with Crippen molar-refractivity contribution in [2.24, 2.45) is 0 Å². The predicted octanol–water partition coefficient (Wildman–Crippen LogP) is 2.07. The molecule has 3 nitrogen and oxygen atoms in total. The van der Waals surface area contributed by atoms with Crippen LogP contribution in [0.3, 0.4) is 0 Å². The first kappa shape index (κ1) is 13.1. The van der Waals surface area contributed by atoms with Crippen molar-refractivity contribution >= 4 is 0 Å². The zero-order chi connectivity index (χ0) is 13.0. The molecule has 18 heavy (non-hydrogen) atoms. The maximum Gasteiger partial charge on any atom is 0.0638 e. The third-order valence-electron chi connectivity index (χ3n) is 3.40. The Morgan fingerprint density at radius 1 is 1.33 bits per heavy atom. The van der Waals surface area contributed by atoms with Crippen LogP contribution in [0.1, 0.15) is 24.5 Å². The summed E-state index contributed by atoms with van der Waals surface area (Å²) in [6, 6.07) is 11.7. The first-order valence-electron chi connectivity index (χ1n) is 6.58. The molecular weight excluding hydrogens is 222 g/mol. The summed E-state index contributed by atoms with van der Waals surface area (Å²) < 4.78 is 0. The van der Waals surface area contributed by atoms with Crippen LogP contribution in [0.15, 0.2) is 24.3 Å². The molecule has 0 radical (unpaired) electrons. The molecule has 2 rings (SSSR count). The van der Waals surface area contributed by atoms with E-state index in [-0.39, 0.29) is 0 Å². The molecule has 1 aromatic rings. The van der Waals surface area contributed by atoms with E-state index in [2.05, 4.69) is 54.4 Å². The van der Waals surface area contributed by atoms with Gasteiger partial charge in [-0.3, -0.25) is 4.90 Å². The van der Waals surface area contributed by atoms with Gasteiger partial charge in [-0.2, -0.15) is 5.26 Å². The minimum Gasteiger partial charge on any atom is -0.308 e. The minimum absolute atomic E-state index is 0.309. The summed E-state index contributed by atoms with van der Waals surface area (Å²) in [5.74, 6) is 0. The van der Waals surface area contributed by atoms with Gasteiger partial charge in [-0.05, 0) is 19.4 Å². The first-order chi connectivity index (χ1) is 8.67. The zero-order valence-corrected chi connectivity index (χ0v) is 11.2. The van der Waals surface area contributed by atoms with Crippen LogP contribution in [0.25, 0.3) is 0 Å². The maximum absolute atomic E-state index is 8.80. The topological polar surface area (TPSA) is 39.1 Å². The predicted molar refractivity (Wildman–Crippen MR) is 73.1 cm³/mol. The van der Waals surface area contributed by atoms with E-state index in [1.165, 1.54) is 11.1 Å². The van der Waals surface area contributed by atoms with E-state index in [0.29, 0.717) is 18.5 Å². The molecule has 1 fully saturated rings. The molecule has 0 aromatic heterocycles. The molecule has 2 unspecified atom stereocenters. The number of nitriles is 1. The fourth-order valence-electron chi connectivity index (χ4n) is 2.60. The summed E-state index contributed by atoms with van der Waals surface area (Å²) >= 11 is 0. The minimum atomic E-state index is 0.309. The Bertz CT molecular complexity index is 418. The average Bonchev–Trinajstić information content (AvgIpc) is 2.32. The van der Waals surface area contributed by atoms with Gasteiger partial charge in [-0.1, -0.05) is 29.8 Å². The molecule has 3 heteroatoms. The van der Waals surface area contributed by atoms with Crippen LogP contribution in [0.5, 0.6) is 0 Å². The van der Waals surface area contributed by atoms with Gasteiger partial charge in [-0.25, -0.2) is 0 Å². The highest BCUT2D eigenvalue weighted by Gasteiger charge is 2.23. The van der Waals surface area contributed by atoms with Crippen LogP contribution in [0, 0.1) is 18.3 Å². The SMILES string of the molecule is Cc1ccc(CN2CC(C)NC(CC#N)C2)cc1. The van der Waals surface area contributed by atoms with Gasteiger partial charge in [0.2, 0.25) is 0 Å². The Labute approximate surface area is 109 Å². The Hall–Kier alpha value is -1.37. The van der Waals surface area contributed by atoms with E-state index in [4.69, 9.17) is 5.26 Å². The molecule has 1 heterocycles. The molecule has 0 aliphatic carbocycles. The Balaban J connectivity index is 1.96. The van der Waals surface area contributed by atoms with Gasteiger partial charge in [0.15, 0.2) is 0 Å². The molecule has 0 saturated carbocycles. The molecule has 1 aromatic carbocycles. The highest BCUT2D eigenvalue weighted by Crippen LogP contribution is 2.12. The standard InChI is InChI=1S/C15H21N3/c1-12-3-5-14(6-4-12)10-18-9-13(2)17-15(11-18)7-8-16/h3-6,13,15,17H,7,9-11H2,1-2H3. The fourth-order valence-corrected chi connectivity index (χ4v) is 2.60. The number of hydrogen-bond acceptors (Lipinski definition) is 3. The number of rotatable bonds is 3. The van der Waals surface area contributed by atoms with Gasteiger partial charge in [0.05, 0.1) is 12.5 Å². The van der Waals surface area contributed by atoms with Crippen molar-refractivity contribution in [3.63, 3.8) is 0 Å². The molecule has 0 amide bonds. The van der Waals surface area contributed by atoms with E-state index >= 15 is 0 Å². The molecule has 0 spiro atoms. The van der Waals surface area contributed by atoms with Crippen molar-refractivity contribution in [2.75, 3.05) is 13.1 Å². The number of nitrogens with zero attached hydrogens (tertiary/aromatic N) is 2. The van der Waals surface area contributed by atoms with E-state index in [0.717, 1.165) is 19.6 Å². The number of benzene rings is 1. The van der Waals surface area contributed by atoms with Crippen molar-refractivity contribution in [1.29, 1.82) is 5.26 Å². The lowest BCUT2D eigenvalue weighted by atomic mass is 10.1. The second kappa shape index (κ2) is 5.99. The molecule has 1 saturated heterocycles. The van der Waals surface area contributed by atoms with Gasteiger partial charge in [0, 0.05) is 31.7 Å². The summed E-state index contributed by atoms with van der Waals surface area (Å²) in [7, 11) is 0. The van der Waals surface area contributed by atoms with Gasteiger partial charge in [-0.15, -0.1) is 0 Å². The maximum atomic E-state index is 8.80. The summed E-state index contributed by atoms with van der Waals surface area (Å²) in [6.45, 7) is 7.29. The van der Waals surface area contributed by atoms with Crippen LogP contribution in [0.2, 0.25) is 0 Å². The molecule has 2 atom stereocenters. The number of nitrogens with one attached hydrogen (secondary N) is 1. The molecule has 96 valence electrons. The first-order valence-corrected chi connectivity index (χ1v) is 6.58. The summed E-state index contributed by atoms with van der Waals surface area (Å²) in [5, 5.41) is 12.3. The Morgan fingerprint density at radius 3 is 2.72 bits per heavy atom. The molecule has 0 bridgehead atoms. The monoisotopic (exact) mass is 243 g/mol. The van der Waals surface area contributed by atoms with Crippen molar-refractivity contribution in [3.05, 3.63) is 35.4 Å². The lowest BCUT2D eigenvalue weighted by molar-refractivity contribution is 0.161. The summed E-state index contributed by atoms with van der Waals surface area (Å²) in [5.41, 5.74) is 2.65. The zero-order valence-electron chi connectivity index (χ0n) is 11.2. The van der Waals surface area contributed by atoms with E-state index in [9.17, 15) is 0 Å². The summed E-state index contributed by atoms with van der Waals surface area (Å²) in [4.78, 5) is 2.44. The third-order valence-corrected chi connectivity index (χ3v) is 3.40. The number of aryl methyl sites for hydroxylation is 1. The normalized spacial score (nSPS) is 24.7. The molecule has 1 aliphatic rings. The van der Waals surface area contributed by atoms with Gasteiger partial charge in [0.25, 0.3) is 0 Å². The van der Waals surface area contributed by atoms with Crippen molar-refractivity contribution < 1.29 is 0 Å². The lowest BCUT2D eigenvalue weighted by Crippen LogP contribution is -2.54. The van der Waals surface area contributed by atoms with E-state index < -0.39 is 0 Å². The summed E-state index contributed by atoms with van der Waals surface area (Å²) in [6.07, 6.45) is 0.592. The fraction of sp³-hybridized carbons (Fsp3) is 0.533. The number of piperazine rings is 1.